The minimum Gasteiger partial charge on any atom is -0.478 e. The molecule has 28 heavy (non-hydrogen) atoms. The van der Waals surface area contributed by atoms with Gasteiger partial charge in [-0.25, -0.2) is 4.79 Å². The molecule has 1 unspecified atom stereocenters. The number of nitrogens with zero attached hydrogens (tertiary/aromatic N) is 1. The number of hydrogen-bond acceptors (Lipinski definition) is 2. The van der Waals surface area contributed by atoms with Gasteiger partial charge in [0.05, 0.1) is 0 Å². The van der Waals surface area contributed by atoms with Crippen LogP contribution in [0.5, 0.6) is 0 Å². The number of aliphatic carboxylic acids is 1. The fourth-order valence-electron chi connectivity index (χ4n) is 3.69. The lowest BCUT2D eigenvalue weighted by Crippen LogP contribution is -2.20. The molecule has 0 aromatic carbocycles. The minimum absolute atomic E-state index is 0.120. The van der Waals surface area contributed by atoms with E-state index in [1.54, 1.807) is 0 Å². The van der Waals surface area contributed by atoms with Crippen LogP contribution < -0.4 is 0 Å². The summed E-state index contributed by atoms with van der Waals surface area (Å²) >= 11 is 5.69. The maximum atomic E-state index is 11.2. The molecular formula is C24H46ClNO2. The molecule has 0 fully saturated rings. The molecule has 0 saturated carbocycles. The lowest BCUT2D eigenvalue weighted by atomic mass is 9.90. The zero-order chi connectivity index (χ0) is 21.0. The number of rotatable bonds is 21. The zero-order valence-electron chi connectivity index (χ0n) is 18.7. The van der Waals surface area contributed by atoms with Crippen LogP contribution in [0.4, 0.5) is 0 Å². The van der Waals surface area contributed by atoms with Crippen LogP contribution in [0.1, 0.15) is 103 Å². The minimum atomic E-state index is -0.834. The Labute approximate surface area is 179 Å². The molecule has 0 aliphatic carbocycles. The largest absolute Gasteiger partial charge is 0.478 e. The summed E-state index contributed by atoms with van der Waals surface area (Å²) < 4.78 is 0. The van der Waals surface area contributed by atoms with Gasteiger partial charge in [0.15, 0.2) is 0 Å². The second kappa shape index (κ2) is 19.8. The van der Waals surface area contributed by atoms with Crippen LogP contribution in [-0.4, -0.2) is 42.5 Å². The topological polar surface area (TPSA) is 40.5 Å². The van der Waals surface area contributed by atoms with Gasteiger partial charge in [0.2, 0.25) is 0 Å². The van der Waals surface area contributed by atoms with Crippen LogP contribution in [0.15, 0.2) is 12.2 Å². The molecule has 0 heterocycles. The molecular weight excluding hydrogens is 370 g/mol. The molecule has 4 heteroatoms. The summed E-state index contributed by atoms with van der Waals surface area (Å²) in [6, 6.07) is 0. The lowest BCUT2D eigenvalue weighted by molar-refractivity contribution is -0.133. The number of halogens is 1. The van der Waals surface area contributed by atoms with E-state index in [4.69, 9.17) is 11.6 Å². The van der Waals surface area contributed by atoms with Gasteiger partial charge < -0.3 is 10.0 Å². The van der Waals surface area contributed by atoms with Crippen LogP contribution in [0, 0.1) is 5.92 Å². The highest BCUT2D eigenvalue weighted by atomic mass is 35.5. The van der Waals surface area contributed by atoms with E-state index >= 15 is 0 Å². The van der Waals surface area contributed by atoms with Gasteiger partial charge >= 0.3 is 5.97 Å². The second-order valence-corrected chi connectivity index (χ2v) is 8.92. The van der Waals surface area contributed by atoms with Crippen LogP contribution in [0.25, 0.3) is 0 Å². The molecule has 0 spiro atoms. The van der Waals surface area contributed by atoms with E-state index < -0.39 is 5.97 Å². The van der Waals surface area contributed by atoms with E-state index in [1.807, 2.05) is 14.1 Å². The third kappa shape index (κ3) is 17.6. The van der Waals surface area contributed by atoms with E-state index in [1.165, 1.54) is 83.5 Å². The predicted octanol–water partition coefficient (Wildman–Crippen LogP) is 7.29. The number of carboxylic acid groups (broad SMARTS) is 1. The first kappa shape index (κ1) is 27.5. The summed E-state index contributed by atoms with van der Waals surface area (Å²) in [6.07, 6.45) is 20.3. The Kier molecular flexibility index (Phi) is 19.4. The van der Waals surface area contributed by atoms with Crippen molar-refractivity contribution in [3.05, 3.63) is 12.2 Å². The van der Waals surface area contributed by atoms with Gasteiger partial charge in [-0.15, -0.1) is 11.6 Å². The van der Waals surface area contributed by atoms with E-state index in [2.05, 4.69) is 11.5 Å². The number of carbonyl (C=O) groups is 1. The summed E-state index contributed by atoms with van der Waals surface area (Å²) in [7, 11) is 4.06. The summed E-state index contributed by atoms with van der Waals surface area (Å²) in [6.45, 7) is 4.72. The maximum absolute atomic E-state index is 11.2. The first-order valence-corrected chi connectivity index (χ1v) is 12.1. The Balaban J connectivity index is 3.53. The molecule has 0 aromatic heterocycles. The van der Waals surface area contributed by atoms with Crippen molar-refractivity contribution in [2.24, 2.45) is 5.92 Å². The van der Waals surface area contributed by atoms with Crippen molar-refractivity contribution in [3.8, 4) is 0 Å². The van der Waals surface area contributed by atoms with Crippen molar-refractivity contribution in [2.45, 2.75) is 103 Å². The smallest absolute Gasteiger partial charge is 0.331 e. The first-order chi connectivity index (χ1) is 13.5. The van der Waals surface area contributed by atoms with Gasteiger partial charge in [-0.3, -0.25) is 0 Å². The number of alkyl halides is 1. The van der Waals surface area contributed by atoms with Crippen LogP contribution in [0.2, 0.25) is 0 Å². The molecule has 0 bridgehead atoms. The Morgan fingerprint density at radius 2 is 1.18 bits per heavy atom. The van der Waals surface area contributed by atoms with E-state index in [9.17, 15) is 9.90 Å². The average Bonchev–Trinajstić information content (AvgIpc) is 2.66. The van der Waals surface area contributed by atoms with Crippen LogP contribution >= 0.6 is 11.6 Å². The average molecular weight is 416 g/mol. The fourth-order valence-corrected chi connectivity index (χ4v) is 3.88. The number of unbranched alkanes of at least 4 members (excludes halogenated alkanes) is 13. The number of carboxylic acids is 1. The van der Waals surface area contributed by atoms with Crippen molar-refractivity contribution >= 4 is 17.6 Å². The standard InChI is InChI=1S/C24H46ClNO2/c1-22(24(27)28)23(19-21-26(2)3)18-16-14-12-10-8-6-4-5-7-9-11-13-15-17-20-25/h23H,1,4-21H2,2-3H3,(H,27,28). The Morgan fingerprint density at radius 1 is 0.786 bits per heavy atom. The van der Waals surface area contributed by atoms with Crippen LogP contribution in [-0.2, 0) is 4.79 Å². The highest BCUT2D eigenvalue weighted by molar-refractivity contribution is 6.17. The fraction of sp³-hybridized carbons (Fsp3) is 0.875. The lowest BCUT2D eigenvalue weighted by Gasteiger charge is -2.19. The summed E-state index contributed by atoms with van der Waals surface area (Å²) in [5.41, 5.74) is 0.390. The van der Waals surface area contributed by atoms with E-state index in [-0.39, 0.29) is 5.92 Å². The highest BCUT2D eigenvalue weighted by Gasteiger charge is 2.18. The van der Waals surface area contributed by atoms with E-state index in [0.29, 0.717) is 5.57 Å². The molecule has 0 amide bonds. The molecule has 0 aliphatic heterocycles. The molecule has 0 radical (unpaired) electrons. The van der Waals surface area contributed by atoms with Gasteiger partial charge in [0.1, 0.15) is 0 Å². The van der Waals surface area contributed by atoms with Crippen molar-refractivity contribution < 1.29 is 9.90 Å². The van der Waals surface area contributed by atoms with Crippen molar-refractivity contribution in [3.63, 3.8) is 0 Å². The molecule has 3 nitrogen and oxygen atoms in total. The molecule has 1 N–H and O–H groups in total. The van der Waals surface area contributed by atoms with Crippen LogP contribution in [0.3, 0.4) is 0 Å². The third-order valence-corrected chi connectivity index (χ3v) is 5.90. The maximum Gasteiger partial charge on any atom is 0.331 e. The molecule has 0 aromatic rings. The van der Waals surface area contributed by atoms with Crippen molar-refractivity contribution in [2.75, 3.05) is 26.5 Å². The SMILES string of the molecule is C=C(C(=O)O)C(CCCCCCCCCCCCCCCCCl)CCN(C)C. The highest BCUT2D eigenvalue weighted by Crippen LogP contribution is 2.22. The Morgan fingerprint density at radius 3 is 1.54 bits per heavy atom. The third-order valence-electron chi connectivity index (χ3n) is 5.63. The molecule has 1 atom stereocenters. The first-order valence-electron chi connectivity index (χ1n) is 11.6. The van der Waals surface area contributed by atoms with Gasteiger partial charge in [0, 0.05) is 11.5 Å². The Hall–Kier alpha value is -0.540. The molecule has 0 saturated heterocycles. The second-order valence-electron chi connectivity index (χ2n) is 8.55. The monoisotopic (exact) mass is 415 g/mol. The van der Waals surface area contributed by atoms with Crippen molar-refractivity contribution in [1.82, 2.24) is 4.90 Å². The summed E-state index contributed by atoms with van der Waals surface area (Å²) in [5, 5.41) is 9.23. The Bertz CT molecular complexity index is 385. The molecule has 0 rings (SSSR count). The van der Waals surface area contributed by atoms with Gasteiger partial charge in [-0.1, -0.05) is 90.0 Å². The van der Waals surface area contributed by atoms with Crippen molar-refractivity contribution in [1.29, 1.82) is 0 Å². The number of hydrogen-bond donors (Lipinski definition) is 1. The predicted molar refractivity (Wildman–Crippen MR) is 123 cm³/mol. The van der Waals surface area contributed by atoms with Gasteiger partial charge in [-0.2, -0.15) is 0 Å². The summed E-state index contributed by atoms with van der Waals surface area (Å²) in [4.78, 5) is 13.3. The molecule has 166 valence electrons. The summed E-state index contributed by atoms with van der Waals surface area (Å²) in [5.74, 6) is 0.100. The van der Waals surface area contributed by atoms with E-state index in [0.717, 1.165) is 31.7 Å². The zero-order valence-corrected chi connectivity index (χ0v) is 19.4. The normalized spacial score (nSPS) is 12.4. The quantitative estimate of drug-likeness (QED) is 0.121. The molecule has 0 aliphatic rings. The van der Waals surface area contributed by atoms with Gasteiger partial charge in [0.25, 0.3) is 0 Å². The van der Waals surface area contributed by atoms with Gasteiger partial charge in [-0.05, 0) is 45.8 Å².